The van der Waals surface area contributed by atoms with Gasteiger partial charge in [-0.2, -0.15) is 8.42 Å². The normalized spacial score (nSPS) is 15.5. The monoisotopic (exact) mass is 434 g/mol. The van der Waals surface area contributed by atoms with Crippen molar-refractivity contribution in [2.45, 2.75) is 18.1 Å². The van der Waals surface area contributed by atoms with Gasteiger partial charge >= 0.3 is 0 Å². The molecule has 3 aromatic rings. The van der Waals surface area contributed by atoms with E-state index in [9.17, 15) is 12.8 Å². The molecule has 1 aliphatic heterocycles. The summed E-state index contributed by atoms with van der Waals surface area (Å²) in [5.74, 6) is 0.125. The minimum atomic E-state index is -3.98. The molecule has 4 rings (SSSR count). The standard InChI is InChI=1S/C21H16ClFO5S/c1-13-6-8-15(9-7-13)29(24,25)26-12-20-27-19-11-14(22)10-17(21(19)28-20)16-4-2-3-5-18(16)23/h2-11,20H,12H2,1H3. The molecule has 150 valence electrons. The zero-order chi connectivity index (χ0) is 20.6. The van der Waals surface area contributed by atoms with Gasteiger partial charge in [-0.1, -0.05) is 47.5 Å². The third-order valence-corrected chi connectivity index (χ3v) is 5.87. The van der Waals surface area contributed by atoms with Crippen molar-refractivity contribution >= 4 is 21.7 Å². The summed E-state index contributed by atoms with van der Waals surface area (Å²) in [4.78, 5) is 0.0358. The van der Waals surface area contributed by atoms with E-state index in [0.717, 1.165) is 5.56 Å². The van der Waals surface area contributed by atoms with Crippen LogP contribution in [0.1, 0.15) is 5.56 Å². The molecule has 0 aromatic heterocycles. The maximum Gasteiger partial charge on any atom is 0.297 e. The minimum Gasteiger partial charge on any atom is -0.448 e. The van der Waals surface area contributed by atoms with Crippen LogP contribution in [0.2, 0.25) is 5.02 Å². The highest BCUT2D eigenvalue weighted by molar-refractivity contribution is 7.86. The van der Waals surface area contributed by atoms with Crippen LogP contribution in [-0.4, -0.2) is 21.3 Å². The first kappa shape index (κ1) is 19.7. The van der Waals surface area contributed by atoms with E-state index in [1.165, 1.54) is 24.3 Å². The lowest BCUT2D eigenvalue weighted by atomic mass is 10.0. The number of fused-ring (bicyclic) bond motifs is 1. The van der Waals surface area contributed by atoms with Gasteiger partial charge in [-0.05, 0) is 31.2 Å². The smallest absolute Gasteiger partial charge is 0.297 e. The number of halogens is 2. The van der Waals surface area contributed by atoms with Crippen LogP contribution in [0.25, 0.3) is 11.1 Å². The highest BCUT2D eigenvalue weighted by atomic mass is 35.5. The second kappa shape index (κ2) is 7.67. The Morgan fingerprint density at radius 2 is 1.76 bits per heavy atom. The van der Waals surface area contributed by atoms with Gasteiger partial charge in [-0.3, -0.25) is 4.18 Å². The minimum absolute atomic E-state index is 0.0358. The first-order chi connectivity index (χ1) is 13.8. The summed E-state index contributed by atoms with van der Waals surface area (Å²) in [7, 11) is -3.98. The summed E-state index contributed by atoms with van der Waals surface area (Å²) in [6.07, 6.45) is -1.02. The Bertz CT molecular complexity index is 1160. The molecule has 1 unspecified atom stereocenters. The van der Waals surface area contributed by atoms with Crippen LogP contribution < -0.4 is 9.47 Å². The average Bonchev–Trinajstić information content (AvgIpc) is 3.09. The SMILES string of the molecule is Cc1ccc(S(=O)(=O)OCC2Oc3cc(Cl)cc(-c4ccccc4F)c3O2)cc1. The van der Waals surface area contributed by atoms with Gasteiger partial charge in [-0.15, -0.1) is 0 Å². The van der Waals surface area contributed by atoms with Gasteiger partial charge in [0.25, 0.3) is 16.4 Å². The third-order valence-electron chi connectivity index (χ3n) is 4.36. The summed E-state index contributed by atoms with van der Waals surface area (Å²) < 4.78 is 55.4. The lowest BCUT2D eigenvalue weighted by molar-refractivity contribution is 0.00992. The van der Waals surface area contributed by atoms with Crippen LogP contribution in [0.15, 0.2) is 65.6 Å². The van der Waals surface area contributed by atoms with Gasteiger partial charge in [0.1, 0.15) is 12.4 Å². The molecule has 0 spiro atoms. The third kappa shape index (κ3) is 4.07. The van der Waals surface area contributed by atoms with E-state index in [1.807, 2.05) is 6.92 Å². The summed E-state index contributed by atoms with van der Waals surface area (Å²) in [5.41, 5.74) is 1.64. The van der Waals surface area contributed by atoms with Gasteiger partial charge in [0.05, 0.1) is 4.90 Å². The second-order valence-corrected chi connectivity index (χ2v) is 8.53. The molecular formula is C21H16ClFO5S. The Balaban J connectivity index is 1.54. The van der Waals surface area contributed by atoms with Crippen molar-refractivity contribution < 1.29 is 26.5 Å². The maximum absolute atomic E-state index is 14.2. The Kier molecular flexibility index (Phi) is 5.21. The molecule has 3 aromatic carbocycles. The molecule has 0 saturated heterocycles. The van der Waals surface area contributed by atoms with Crippen molar-refractivity contribution in [3.8, 4) is 22.6 Å². The fourth-order valence-electron chi connectivity index (χ4n) is 2.94. The topological polar surface area (TPSA) is 61.8 Å². The molecule has 0 aliphatic carbocycles. The lowest BCUT2D eigenvalue weighted by Gasteiger charge is -2.12. The average molecular weight is 435 g/mol. The number of benzene rings is 3. The zero-order valence-corrected chi connectivity index (χ0v) is 16.8. The van der Waals surface area contributed by atoms with Gasteiger partial charge in [0.2, 0.25) is 0 Å². The molecule has 5 nitrogen and oxygen atoms in total. The largest absolute Gasteiger partial charge is 0.448 e. The molecule has 0 fully saturated rings. The van der Waals surface area contributed by atoms with E-state index >= 15 is 0 Å². The highest BCUT2D eigenvalue weighted by Crippen LogP contribution is 2.45. The van der Waals surface area contributed by atoms with Crippen LogP contribution in [0.3, 0.4) is 0 Å². The number of hydrogen-bond donors (Lipinski definition) is 0. The summed E-state index contributed by atoms with van der Waals surface area (Å²) in [6.45, 7) is 1.48. The lowest BCUT2D eigenvalue weighted by Crippen LogP contribution is -2.26. The number of aryl methyl sites for hydroxylation is 1. The summed E-state index contributed by atoms with van der Waals surface area (Å²) >= 11 is 6.14. The van der Waals surface area contributed by atoms with Gasteiger partial charge in [-0.25, -0.2) is 4.39 Å². The molecule has 0 N–H and O–H groups in total. The van der Waals surface area contributed by atoms with Crippen LogP contribution in [0.5, 0.6) is 11.5 Å². The number of ether oxygens (including phenoxy) is 2. The van der Waals surface area contributed by atoms with E-state index in [1.54, 1.807) is 36.4 Å². The van der Waals surface area contributed by atoms with Crippen LogP contribution in [0, 0.1) is 12.7 Å². The van der Waals surface area contributed by atoms with E-state index in [2.05, 4.69) is 0 Å². The first-order valence-corrected chi connectivity index (χ1v) is 10.5. The molecule has 0 bridgehead atoms. The molecule has 0 saturated carbocycles. The molecule has 1 heterocycles. The number of rotatable bonds is 5. The van der Waals surface area contributed by atoms with Crippen molar-refractivity contribution in [2.75, 3.05) is 6.61 Å². The Labute approximate surface area is 172 Å². The van der Waals surface area contributed by atoms with Gasteiger partial charge in [0, 0.05) is 22.2 Å². The predicted octanol–water partition coefficient (Wildman–Crippen LogP) is 4.96. The van der Waals surface area contributed by atoms with Crippen LogP contribution >= 0.6 is 11.6 Å². The maximum atomic E-state index is 14.2. The summed E-state index contributed by atoms with van der Waals surface area (Å²) in [5, 5.41) is 0.333. The van der Waals surface area contributed by atoms with Crippen molar-refractivity contribution in [2.24, 2.45) is 0 Å². The van der Waals surface area contributed by atoms with Crippen LogP contribution in [0.4, 0.5) is 4.39 Å². The molecule has 8 heteroatoms. The molecule has 0 radical (unpaired) electrons. The zero-order valence-electron chi connectivity index (χ0n) is 15.3. The molecule has 0 amide bonds. The summed E-state index contributed by atoms with van der Waals surface area (Å²) in [6, 6.07) is 15.6. The van der Waals surface area contributed by atoms with Crippen molar-refractivity contribution in [1.82, 2.24) is 0 Å². The quantitative estimate of drug-likeness (QED) is 0.531. The van der Waals surface area contributed by atoms with E-state index in [0.29, 0.717) is 16.1 Å². The first-order valence-electron chi connectivity index (χ1n) is 8.71. The molecule has 29 heavy (non-hydrogen) atoms. The van der Waals surface area contributed by atoms with Gasteiger partial charge < -0.3 is 9.47 Å². The van der Waals surface area contributed by atoms with E-state index < -0.39 is 22.2 Å². The van der Waals surface area contributed by atoms with Crippen molar-refractivity contribution in [1.29, 1.82) is 0 Å². The van der Waals surface area contributed by atoms with E-state index in [-0.39, 0.29) is 23.0 Å². The van der Waals surface area contributed by atoms with Crippen molar-refractivity contribution in [3.63, 3.8) is 0 Å². The molecule has 1 aliphatic rings. The predicted molar refractivity (Wildman–Crippen MR) is 106 cm³/mol. The Morgan fingerprint density at radius 3 is 2.48 bits per heavy atom. The van der Waals surface area contributed by atoms with Gasteiger partial charge in [0.15, 0.2) is 11.5 Å². The highest BCUT2D eigenvalue weighted by Gasteiger charge is 2.31. The molecular weight excluding hydrogens is 419 g/mol. The van der Waals surface area contributed by atoms with E-state index in [4.69, 9.17) is 25.3 Å². The Hall–Kier alpha value is -2.61. The molecule has 1 atom stereocenters. The second-order valence-electron chi connectivity index (χ2n) is 6.48. The van der Waals surface area contributed by atoms with Crippen molar-refractivity contribution in [3.05, 3.63) is 77.1 Å². The van der Waals surface area contributed by atoms with Crippen LogP contribution in [-0.2, 0) is 14.3 Å². The fraction of sp³-hybridized carbons (Fsp3) is 0.143. The Morgan fingerprint density at radius 1 is 1.03 bits per heavy atom. The number of hydrogen-bond acceptors (Lipinski definition) is 5. The fourth-order valence-corrected chi connectivity index (χ4v) is 4.04.